The number of carbonyl (C=O) groups excluding carboxylic acids is 1. The van der Waals surface area contributed by atoms with E-state index in [1.807, 2.05) is 35.2 Å². The molecule has 1 atom stereocenters. The molecule has 1 aromatic carbocycles. The first kappa shape index (κ1) is 20.5. The lowest BCUT2D eigenvalue weighted by molar-refractivity contribution is 0.0786. The highest BCUT2D eigenvalue weighted by Gasteiger charge is 2.28. The van der Waals surface area contributed by atoms with Crippen molar-refractivity contribution < 1.29 is 9.53 Å². The Morgan fingerprint density at radius 2 is 2.03 bits per heavy atom. The number of thiophene rings is 1. The Kier molecular flexibility index (Phi) is 5.79. The van der Waals surface area contributed by atoms with E-state index in [1.165, 1.54) is 0 Å². The quantitative estimate of drug-likeness (QED) is 0.479. The van der Waals surface area contributed by atoms with Crippen molar-refractivity contribution in [2.75, 3.05) is 25.5 Å². The van der Waals surface area contributed by atoms with E-state index in [4.69, 9.17) is 14.7 Å². The number of hydrogen-bond donors (Lipinski definition) is 1. The molecule has 0 spiro atoms. The number of amides is 1. The molecule has 5 rings (SSSR count). The van der Waals surface area contributed by atoms with Gasteiger partial charge >= 0.3 is 0 Å². The van der Waals surface area contributed by atoms with Crippen LogP contribution in [0.2, 0.25) is 0 Å². The molecular weight excluding hydrogens is 422 g/mol. The number of benzene rings is 1. The predicted octanol–water partition coefficient (Wildman–Crippen LogP) is 4.23. The van der Waals surface area contributed by atoms with Crippen LogP contribution in [0.1, 0.15) is 22.7 Å². The summed E-state index contributed by atoms with van der Waals surface area (Å²) >= 11 is 1.60. The van der Waals surface area contributed by atoms with Gasteiger partial charge in [0.15, 0.2) is 5.82 Å². The summed E-state index contributed by atoms with van der Waals surface area (Å²) < 4.78 is 5.28. The van der Waals surface area contributed by atoms with Gasteiger partial charge in [-0.05, 0) is 24.1 Å². The van der Waals surface area contributed by atoms with Gasteiger partial charge in [-0.25, -0.2) is 9.97 Å². The summed E-state index contributed by atoms with van der Waals surface area (Å²) in [6, 6.07) is 15.8. The van der Waals surface area contributed by atoms with E-state index >= 15 is 0 Å². The number of nitrogens with one attached hydrogen (secondary N) is 1. The largest absolute Gasteiger partial charge is 0.377 e. The van der Waals surface area contributed by atoms with E-state index < -0.39 is 0 Å². The Bertz CT molecular complexity index is 1230. The fraction of sp³-hybridized carbons (Fsp3) is 0.250. The van der Waals surface area contributed by atoms with Gasteiger partial charge in [-0.3, -0.25) is 9.78 Å². The number of nitrogens with zero attached hydrogens (tertiary/aromatic N) is 4. The lowest BCUT2D eigenvalue weighted by atomic mass is 10.1. The molecule has 32 heavy (non-hydrogen) atoms. The molecule has 0 radical (unpaired) electrons. The van der Waals surface area contributed by atoms with Crippen molar-refractivity contribution in [1.82, 2.24) is 19.9 Å². The smallest absolute Gasteiger partial charge is 0.272 e. The van der Waals surface area contributed by atoms with Crippen LogP contribution < -0.4 is 5.32 Å². The normalized spacial score (nSPS) is 15.9. The second-order valence-corrected chi connectivity index (χ2v) is 8.57. The third kappa shape index (κ3) is 4.06. The average Bonchev–Trinajstić information content (AvgIpc) is 3.47. The van der Waals surface area contributed by atoms with Gasteiger partial charge in [0.05, 0.1) is 5.39 Å². The molecule has 4 aromatic rings. The Morgan fingerprint density at radius 1 is 1.19 bits per heavy atom. The molecular formula is C24H23N5O2S. The number of pyridine rings is 1. The number of methoxy groups -OCH3 is 1. The van der Waals surface area contributed by atoms with E-state index in [0.29, 0.717) is 31.2 Å². The number of rotatable bonds is 6. The van der Waals surface area contributed by atoms with Gasteiger partial charge < -0.3 is 15.0 Å². The molecule has 1 N–H and O–H groups in total. The molecule has 162 valence electrons. The molecule has 0 saturated carbocycles. The minimum Gasteiger partial charge on any atom is -0.377 e. The van der Waals surface area contributed by atoms with E-state index in [2.05, 4.69) is 27.8 Å². The fourth-order valence-corrected chi connectivity index (χ4v) is 4.99. The van der Waals surface area contributed by atoms with Crippen LogP contribution in [0.4, 0.5) is 5.82 Å². The first-order valence-corrected chi connectivity index (χ1v) is 11.4. The van der Waals surface area contributed by atoms with Crippen molar-refractivity contribution in [3.63, 3.8) is 0 Å². The van der Waals surface area contributed by atoms with Gasteiger partial charge in [-0.2, -0.15) is 0 Å². The lowest BCUT2D eigenvalue weighted by Crippen LogP contribution is -2.32. The molecule has 1 aliphatic heterocycles. The molecule has 7 nitrogen and oxygen atoms in total. The Labute approximate surface area is 190 Å². The first-order chi connectivity index (χ1) is 15.7. The average molecular weight is 446 g/mol. The summed E-state index contributed by atoms with van der Waals surface area (Å²) in [5, 5.41) is 6.74. The zero-order valence-corrected chi connectivity index (χ0v) is 18.5. The van der Waals surface area contributed by atoms with Gasteiger partial charge in [-0.15, -0.1) is 11.3 Å². The second kappa shape index (κ2) is 9.02. The highest BCUT2D eigenvalue weighted by Crippen LogP contribution is 2.37. The van der Waals surface area contributed by atoms with Crippen molar-refractivity contribution in [2.24, 2.45) is 0 Å². The monoisotopic (exact) mass is 445 g/mol. The van der Waals surface area contributed by atoms with Gasteiger partial charge in [0.2, 0.25) is 0 Å². The summed E-state index contributed by atoms with van der Waals surface area (Å²) in [5.74, 6) is 1.39. The number of anilines is 1. The van der Waals surface area contributed by atoms with Crippen LogP contribution in [-0.2, 0) is 11.3 Å². The van der Waals surface area contributed by atoms with Crippen molar-refractivity contribution in [3.8, 4) is 11.1 Å². The highest BCUT2D eigenvalue weighted by atomic mass is 32.1. The van der Waals surface area contributed by atoms with Crippen LogP contribution >= 0.6 is 11.3 Å². The second-order valence-electron chi connectivity index (χ2n) is 7.71. The maximum Gasteiger partial charge on any atom is 0.272 e. The maximum absolute atomic E-state index is 12.8. The standard InChI is InChI=1S/C24H23N5O2S/c1-31-14-20-27-22(21-18(15-32-23(21)28-20)16-7-3-2-4-8-16)26-17-10-12-29(13-17)24(30)19-9-5-6-11-25-19/h2-9,11,15,17H,10,12-14H2,1H3,(H,26,27,28). The molecule has 1 fully saturated rings. The van der Waals surface area contributed by atoms with Crippen molar-refractivity contribution in [2.45, 2.75) is 19.1 Å². The van der Waals surface area contributed by atoms with Gasteiger partial charge in [-0.1, -0.05) is 36.4 Å². The molecule has 1 aliphatic rings. The third-order valence-corrected chi connectivity index (χ3v) is 6.41. The number of ether oxygens (including phenoxy) is 1. The molecule has 0 bridgehead atoms. The third-order valence-electron chi connectivity index (χ3n) is 5.54. The fourth-order valence-electron chi connectivity index (χ4n) is 4.02. The van der Waals surface area contributed by atoms with Gasteiger partial charge in [0.1, 0.15) is 22.9 Å². The Balaban J connectivity index is 1.44. The first-order valence-electron chi connectivity index (χ1n) is 10.5. The van der Waals surface area contributed by atoms with Crippen LogP contribution in [0, 0.1) is 0 Å². The van der Waals surface area contributed by atoms with Gasteiger partial charge in [0.25, 0.3) is 5.91 Å². The van der Waals surface area contributed by atoms with Crippen molar-refractivity contribution in [1.29, 1.82) is 0 Å². The molecule has 1 saturated heterocycles. The Morgan fingerprint density at radius 3 is 2.81 bits per heavy atom. The van der Waals surface area contributed by atoms with Crippen LogP contribution in [0.25, 0.3) is 21.3 Å². The number of hydrogen-bond acceptors (Lipinski definition) is 7. The predicted molar refractivity (Wildman–Crippen MR) is 126 cm³/mol. The highest BCUT2D eigenvalue weighted by molar-refractivity contribution is 7.17. The summed E-state index contributed by atoms with van der Waals surface area (Å²) in [6.07, 6.45) is 2.49. The molecule has 4 heterocycles. The SMILES string of the molecule is COCc1nc(NC2CCN(C(=O)c3ccccn3)C2)c2c(-c3ccccc3)csc2n1. The molecule has 8 heteroatoms. The summed E-state index contributed by atoms with van der Waals surface area (Å²) in [5.41, 5.74) is 2.71. The topological polar surface area (TPSA) is 80.2 Å². The zero-order valence-electron chi connectivity index (χ0n) is 17.7. The molecule has 1 amide bonds. The van der Waals surface area contributed by atoms with Crippen LogP contribution in [0.5, 0.6) is 0 Å². The summed E-state index contributed by atoms with van der Waals surface area (Å²) in [4.78, 5) is 29.2. The van der Waals surface area contributed by atoms with Crippen molar-refractivity contribution >= 4 is 33.3 Å². The van der Waals surface area contributed by atoms with E-state index in [1.54, 1.807) is 30.7 Å². The number of carbonyl (C=O) groups is 1. The van der Waals surface area contributed by atoms with Crippen LogP contribution in [-0.4, -0.2) is 52.0 Å². The molecule has 1 unspecified atom stereocenters. The van der Waals surface area contributed by atoms with Crippen molar-refractivity contribution in [3.05, 3.63) is 71.6 Å². The molecule has 3 aromatic heterocycles. The lowest BCUT2D eigenvalue weighted by Gasteiger charge is -2.18. The number of aromatic nitrogens is 3. The summed E-state index contributed by atoms with van der Waals surface area (Å²) in [7, 11) is 1.64. The van der Waals surface area contributed by atoms with E-state index in [-0.39, 0.29) is 11.9 Å². The minimum atomic E-state index is -0.0386. The van der Waals surface area contributed by atoms with E-state index in [0.717, 1.165) is 33.6 Å². The Hall–Kier alpha value is -3.36. The maximum atomic E-state index is 12.8. The van der Waals surface area contributed by atoms with Crippen LogP contribution in [0.3, 0.4) is 0 Å². The zero-order chi connectivity index (χ0) is 21.9. The number of fused-ring (bicyclic) bond motifs is 1. The van der Waals surface area contributed by atoms with Crippen LogP contribution in [0.15, 0.2) is 60.1 Å². The minimum absolute atomic E-state index is 0.0386. The molecule has 0 aliphatic carbocycles. The van der Waals surface area contributed by atoms with Gasteiger partial charge in [0, 0.05) is 43.4 Å². The summed E-state index contributed by atoms with van der Waals surface area (Å²) in [6.45, 7) is 1.63. The number of likely N-dealkylation sites (tertiary alicyclic amines) is 1. The van der Waals surface area contributed by atoms with E-state index in [9.17, 15) is 4.79 Å².